The van der Waals surface area contributed by atoms with Gasteiger partial charge in [-0.1, -0.05) is 29.8 Å². The Morgan fingerprint density at radius 1 is 1.41 bits per heavy atom. The predicted molar refractivity (Wildman–Crippen MR) is 116 cm³/mol. The number of nitrogens with zero attached hydrogens (tertiary/aromatic N) is 2. The molecule has 1 aromatic rings. The average Bonchev–Trinajstić information content (AvgIpc) is 2.62. The molecule has 6 heteroatoms. The lowest BCUT2D eigenvalue weighted by molar-refractivity contribution is -0.111. The van der Waals surface area contributed by atoms with Crippen molar-refractivity contribution >= 4 is 51.3 Å². The Hall–Kier alpha value is -1.98. The number of hydrogen-bond donors (Lipinski definition) is 0. The zero-order chi connectivity index (χ0) is 20.0. The van der Waals surface area contributed by atoms with Gasteiger partial charge in [0.05, 0.1) is 5.04 Å². The minimum Gasteiger partial charge on any atom is -0.294 e. The molecule has 0 aromatic heterocycles. The fourth-order valence-corrected chi connectivity index (χ4v) is 3.54. The molecule has 3 nitrogen and oxygen atoms in total. The van der Waals surface area contributed by atoms with Crippen LogP contribution in [0.15, 0.2) is 52.1 Å². The lowest BCUT2D eigenvalue weighted by Gasteiger charge is -2.12. The molecule has 1 aromatic carbocycles. The zero-order valence-electron chi connectivity index (χ0n) is 15.8. The third-order valence-corrected chi connectivity index (χ3v) is 5.26. The van der Waals surface area contributed by atoms with Crippen molar-refractivity contribution < 1.29 is 9.18 Å². The maximum atomic E-state index is 14.2. The highest BCUT2D eigenvalue weighted by Crippen LogP contribution is 2.31. The second kappa shape index (κ2) is 9.81. The predicted octanol–water partition coefficient (Wildman–Crippen LogP) is 6.15. The topological polar surface area (TPSA) is 41.8 Å². The molecule has 0 N–H and O–H groups in total. The summed E-state index contributed by atoms with van der Waals surface area (Å²) >= 11 is 8.08. The molecule has 0 fully saturated rings. The highest BCUT2D eigenvalue weighted by Gasteiger charge is 2.16. The van der Waals surface area contributed by atoms with Gasteiger partial charge in [-0.25, -0.2) is 0 Å². The summed E-state index contributed by atoms with van der Waals surface area (Å²) in [6.45, 7) is 7.34. The van der Waals surface area contributed by atoms with E-state index >= 15 is 0 Å². The third-order valence-electron chi connectivity index (χ3n) is 3.95. The number of benzene rings is 1. The largest absolute Gasteiger partial charge is 0.294 e. The van der Waals surface area contributed by atoms with E-state index in [4.69, 9.17) is 11.6 Å². The Labute approximate surface area is 168 Å². The number of halogens is 2. The van der Waals surface area contributed by atoms with Crippen LogP contribution in [0.2, 0.25) is 5.02 Å². The molecule has 1 aliphatic heterocycles. The van der Waals surface area contributed by atoms with Gasteiger partial charge in [-0.2, -0.15) is 4.39 Å². The standard InChI is InChI=1S/C21H22ClFN2OS/c1-5-17(21(23)24-6-2)16-7-8-18(20(22)10-16)19(13(3)26)9-15-11-25-14(4)27-12-15/h5,7-11H,6,12H2,1-4H3/b17-5-,19-9+,24-21?. The number of thioether (sulfide) groups is 1. The van der Waals surface area contributed by atoms with Crippen LogP contribution in [0.5, 0.6) is 0 Å². The first-order chi connectivity index (χ1) is 12.9. The molecule has 0 atom stereocenters. The number of hydrogen-bond acceptors (Lipinski definition) is 4. The van der Waals surface area contributed by atoms with E-state index in [1.54, 1.807) is 56.1 Å². The van der Waals surface area contributed by atoms with Crippen LogP contribution < -0.4 is 0 Å². The van der Waals surface area contributed by atoms with Crippen LogP contribution in [-0.2, 0) is 4.79 Å². The van der Waals surface area contributed by atoms with E-state index in [1.165, 1.54) is 6.92 Å². The Morgan fingerprint density at radius 3 is 2.67 bits per heavy atom. The molecular formula is C21H22ClFN2OS. The molecule has 0 saturated heterocycles. The van der Waals surface area contributed by atoms with Crippen LogP contribution in [-0.4, -0.2) is 29.1 Å². The quantitative estimate of drug-likeness (QED) is 0.421. The zero-order valence-corrected chi connectivity index (χ0v) is 17.4. The first-order valence-electron chi connectivity index (χ1n) is 8.63. The van der Waals surface area contributed by atoms with Gasteiger partial charge >= 0.3 is 0 Å². The Balaban J connectivity index is 2.45. The van der Waals surface area contributed by atoms with Crippen LogP contribution >= 0.6 is 23.4 Å². The molecule has 142 valence electrons. The molecule has 27 heavy (non-hydrogen) atoms. The van der Waals surface area contributed by atoms with E-state index in [-0.39, 0.29) is 5.78 Å². The summed E-state index contributed by atoms with van der Waals surface area (Å²) in [5, 5.41) is 1.38. The lowest BCUT2D eigenvalue weighted by Crippen LogP contribution is -2.02. The first-order valence-corrected chi connectivity index (χ1v) is 9.99. The SMILES string of the molecule is C/C=C(\C(F)=NCC)c1ccc(/C(=C/C2=CN=C(C)SC2)C(C)=O)c(Cl)c1. The Kier molecular flexibility index (Phi) is 7.75. The molecule has 2 rings (SSSR count). The third kappa shape index (κ3) is 5.50. The molecular weight excluding hydrogens is 383 g/mol. The number of ketones is 1. The summed E-state index contributed by atoms with van der Waals surface area (Å²) in [6, 6.07) is 5.17. The fourth-order valence-electron chi connectivity index (χ4n) is 2.60. The van der Waals surface area contributed by atoms with E-state index in [9.17, 15) is 9.18 Å². The summed E-state index contributed by atoms with van der Waals surface area (Å²) in [7, 11) is 0. The summed E-state index contributed by atoms with van der Waals surface area (Å²) in [4.78, 5) is 20.3. The van der Waals surface area contributed by atoms with Gasteiger partial charge in [-0.15, -0.1) is 11.8 Å². The summed E-state index contributed by atoms with van der Waals surface area (Å²) in [5.41, 5.74) is 3.09. The number of Topliss-reactive ketones (excluding diaryl/α,β-unsaturated/α-hetero) is 1. The molecule has 0 amide bonds. The van der Waals surface area contributed by atoms with E-state index in [0.717, 1.165) is 16.4 Å². The van der Waals surface area contributed by atoms with Crippen molar-refractivity contribution in [1.82, 2.24) is 0 Å². The number of carbonyl (C=O) groups is 1. The van der Waals surface area contributed by atoms with Crippen molar-refractivity contribution in [1.29, 1.82) is 0 Å². The fraction of sp³-hybridized carbons (Fsp3) is 0.286. The summed E-state index contributed by atoms with van der Waals surface area (Å²) < 4.78 is 14.2. The van der Waals surface area contributed by atoms with Gasteiger partial charge in [0, 0.05) is 40.2 Å². The summed E-state index contributed by atoms with van der Waals surface area (Å²) in [6.07, 6.45) is 5.25. The van der Waals surface area contributed by atoms with Crippen molar-refractivity contribution in [2.24, 2.45) is 9.98 Å². The van der Waals surface area contributed by atoms with E-state index < -0.39 is 5.97 Å². The number of rotatable bonds is 6. The van der Waals surface area contributed by atoms with Crippen LogP contribution in [0.4, 0.5) is 4.39 Å². The van der Waals surface area contributed by atoms with Gasteiger partial charge in [-0.3, -0.25) is 14.8 Å². The van der Waals surface area contributed by atoms with Gasteiger partial charge in [-0.05, 0) is 51.0 Å². The Morgan fingerprint density at radius 2 is 2.15 bits per heavy atom. The van der Waals surface area contributed by atoms with Gasteiger partial charge in [0.2, 0.25) is 5.97 Å². The van der Waals surface area contributed by atoms with Crippen molar-refractivity contribution in [3.63, 3.8) is 0 Å². The molecule has 1 heterocycles. The molecule has 1 aliphatic rings. The van der Waals surface area contributed by atoms with Gasteiger partial charge < -0.3 is 0 Å². The van der Waals surface area contributed by atoms with Crippen molar-refractivity contribution in [3.8, 4) is 0 Å². The van der Waals surface area contributed by atoms with Crippen molar-refractivity contribution in [2.75, 3.05) is 12.3 Å². The molecule has 0 aliphatic carbocycles. The highest BCUT2D eigenvalue weighted by molar-refractivity contribution is 8.14. The summed E-state index contributed by atoms with van der Waals surface area (Å²) in [5.74, 6) is 0.138. The minimum atomic E-state index is -0.524. The van der Waals surface area contributed by atoms with Gasteiger partial charge in [0.25, 0.3) is 0 Å². The first kappa shape index (κ1) is 21.3. The number of aliphatic imine (C=N–C) groups is 2. The second-order valence-electron chi connectivity index (χ2n) is 5.92. The Bertz CT molecular complexity index is 897. The monoisotopic (exact) mass is 404 g/mol. The molecule has 0 unspecified atom stereocenters. The second-order valence-corrected chi connectivity index (χ2v) is 7.49. The van der Waals surface area contributed by atoms with E-state index in [0.29, 0.717) is 33.8 Å². The smallest absolute Gasteiger partial charge is 0.215 e. The van der Waals surface area contributed by atoms with Crippen molar-refractivity contribution in [3.05, 3.63) is 58.3 Å². The highest BCUT2D eigenvalue weighted by atomic mass is 35.5. The maximum absolute atomic E-state index is 14.2. The molecule has 0 radical (unpaired) electrons. The van der Waals surface area contributed by atoms with E-state index in [1.807, 2.05) is 13.0 Å². The van der Waals surface area contributed by atoms with Gasteiger partial charge in [0.15, 0.2) is 5.78 Å². The minimum absolute atomic E-state index is 0.0909. The molecule has 0 saturated carbocycles. The van der Waals surface area contributed by atoms with E-state index in [2.05, 4.69) is 9.98 Å². The van der Waals surface area contributed by atoms with Crippen LogP contribution in [0.25, 0.3) is 11.1 Å². The van der Waals surface area contributed by atoms with Crippen LogP contribution in [0.1, 0.15) is 38.8 Å². The maximum Gasteiger partial charge on any atom is 0.215 e. The van der Waals surface area contributed by atoms with Crippen LogP contribution in [0.3, 0.4) is 0 Å². The lowest BCUT2D eigenvalue weighted by atomic mass is 9.96. The van der Waals surface area contributed by atoms with Crippen molar-refractivity contribution in [2.45, 2.75) is 27.7 Å². The molecule has 0 bridgehead atoms. The average molecular weight is 405 g/mol. The normalized spacial score (nSPS) is 16.1. The van der Waals surface area contributed by atoms with Gasteiger partial charge in [0.1, 0.15) is 0 Å². The number of allylic oxidation sites excluding steroid dienone is 4. The van der Waals surface area contributed by atoms with Crippen LogP contribution in [0, 0.1) is 0 Å². The molecule has 0 spiro atoms. The number of carbonyl (C=O) groups excluding carboxylic acids is 1.